The molecule has 2 aliphatic rings. The molecule has 0 aromatic heterocycles. The zero-order chi connectivity index (χ0) is 25.5. The summed E-state index contributed by atoms with van der Waals surface area (Å²) in [7, 11) is 2.68. The topological polar surface area (TPSA) is 102 Å². The lowest BCUT2D eigenvalue weighted by molar-refractivity contribution is -0.132. The van der Waals surface area contributed by atoms with Crippen LogP contribution in [0.3, 0.4) is 0 Å². The molecule has 0 radical (unpaired) electrons. The van der Waals surface area contributed by atoms with Gasteiger partial charge in [0.25, 0.3) is 0 Å². The molecular formula is C26H32N2O7. The maximum Gasteiger partial charge on any atom is 0.409 e. The number of benzene rings is 1. The molecule has 3 rings (SSSR count). The number of Topliss-reactive ketones (excluding diaryl/α,β-unsaturated/α-hetero) is 2. The Balaban J connectivity index is 1.54. The molecule has 0 saturated carbocycles. The van der Waals surface area contributed by atoms with Crippen LogP contribution in [-0.4, -0.2) is 80.4 Å². The fourth-order valence-corrected chi connectivity index (χ4v) is 4.20. The normalized spacial score (nSPS) is 16.6. The van der Waals surface area contributed by atoms with Crippen molar-refractivity contribution < 1.29 is 33.4 Å². The minimum Gasteiger partial charge on any atom is -0.489 e. The van der Waals surface area contributed by atoms with E-state index in [2.05, 4.69) is 0 Å². The predicted molar refractivity (Wildman–Crippen MR) is 127 cm³/mol. The van der Waals surface area contributed by atoms with E-state index in [9.17, 15) is 19.2 Å². The third kappa shape index (κ3) is 5.90. The van der Waals surface area contributed by atoms with Crippen LogP contribution in [0.4, 0.5) is 4.79 Å². The first-order valence-corrected chi connectivity index (χ1v) is 11.7. The summed E-state index contributed by atoms with van der Waals surface area (Å²) < 4.78 is 15.2. The first kappa shape index (κ1) is 26.0. The minimum atomic E-state index is -0.350. The van der Waals surface area contributed by atoms with Crippen LogP contribution in [0, 0.1) is 0 Å². The number of ether oxygens (including phenoxy) is 3. The number of nitrogens with zero attached hydrogens (tertiary/aromatic N) is 2. The van der Waals surface area contributed by atoms with Gasteiger partial charge in [-0.3, -0.25) is 14.4 Å². The first-order valence-electron chi connectivity index (χ1n) is 11.7. The zero-order valence-corrected chi connectivity index (χ0v) is 20.7. The molecule has 1 aliphatic heterocycles. The van der Waals surface area contributed by atoms with Crippen LogP contribution >= 0.6 is 0 Å². The molecule has 0 bridgehead atoms. The minimum absolute atomic E-state index is 0.0532. The molecule has 188 valence electrons. The number of aryl methyl sites for hydroxylation is 1. The summed E-state index contributed by atoms with van der Waals surface area (Å²) in [6, 6.07) is 7.66. The Morgan fingerprint density at radius 2 is 1.40 bits per heavy atom. The Kier molecular flexibility index (Phi) is 8.68. The lowest BCUT2D eigenvalue weighted by Crippen LogP contribution is -2.50. The van der Waals surface area contributed by atoms with Crippen LogP contribution < -0.4 is 0 Å². The summed E-state index contributed by atoms with van der Waals surface area (Å²) in [4.78, 5) is 53.2. The van der Waals surface area contributed by atoms with Gasteiger partial charge in [0.15, 0.2) is 0 Å². The van der Waals surface area contributed by atoms with Gasteiger partial charge in [-0.2, -0.15) is 0 Å². The van der Waals surface area contributed by atoms with Crippen molar-refractivity contribution in [3.8, 4) is 0 Å². The van der Waals surface area contributed by atoms with E-state index in [0.717, 1.165) is 11.1 Å². The third-order valence-corrected chi connectivity index (χ3v) is 6.28. The van der Waals surface area contributed by atoms with Crippen molar-refractivity contribution in [2.75, 3.05) is 47.0 Å². The number of amides is 2. The summed E-state index contributed by atoms with van der Waals surface area (Å²) in [6.07, 6.45) is 0.921. The number of carbonyl (C=O) groups excluding carboxylic acids is 4. The number of piperazine rings is 1. The molecule has 1 aromatic carbocycles. The van der Waals surface area contributed by atoms with Gasteiger partial charge in [-0.1, -0.05) is 24.3 Å². The summed E-state index contributed by atoms with van der Waals surface area (Å²) in [5, 5.41) is 0. The number of carbonyl (C=O) groups is 4. The van der Waals surface area contributed by atoms with Crippen molar-refractivity contribution in [3.05, 3.63) is 58.1 Å². The van der Waals surface area contributed by atoms with E-state index in [1.165, 1.54) is 14.2 Å². The van der Waals surface area contributed by atoms with Crippen LogP contribution in [0.25, 0.3) is 0 Å². The molecule has 0 N–H and O–H groups in total. The van der Waals surface area contributed by atoms with Crippen LogP contribution in [-0.2, 0) is 41.4 Å². The second-order valence-electron chi connectivity index (χ2n) is 8.39. The van der Waals surface area contributed by atoms with Crippen molar-refractivity contribution in [2.24, 2.45) is 0 Å². The quantitative estimate of drug-likeness (QED) is 0.522. The number of hydrogen-bond acceptors (Lipinski definition) is 7. The standard InChI is InChI=1S/C26H32N2O7/c1-5-35-26(32)28-14-12-27(13-15-28)21(29)11-10-18-6-8-19(9-7-18)16-20-17(2)22(30)24(33-3)25(34-4)23(20)31/h6-9H,5,10-16H2,1-4H3. The van der Waals surface area contributed by atoms with E-state index in [-0.39, 0.29) is 35.1 Å². The molecule has 9 nitrogen and oxygen atoms in total. The number of ketones is 2. The number of rotatable bonds is 8. The summed E-state index contributed by atoms with van der Waals surface area (Å²) in [6.45, 7) is 5.67. The van der Waals surface area contributed by atoms with Gasteiger partial charge in [0.05, 0.1) is 20.8 Å². The van der Waals surface area contributed by atoms with Crippen LogP contribution in [0.5, 0.6) is 0 Å². The number of hydrogen-bond donors (Lipinski definition) is 0. The molecule has 1 aliphatic carbocycles. The van der Waals surface area contributed by atoms with E-state index >= 15 is 0 Å². The highest BCUT2D eigenvalue weighted by molar-refractivity contribution is 6.23. The molecule has 1 heterocycles. The van der Waals surface area contributed by atoms with Crippen molar-refractivity contribution in [3.63, 3.8) is 0 Å². The largest absolute Gasteiger partial charge is 0.489 e. The van der Waals surface area contributed by atoms with Gasteiger partial charge in [0.2, 0.25) is 29.0 Å². The van der Waals surface area contributed by atoms with Crippen molar-refractivity contribution in [1.82, 2.24) is 9.80 Å². The fourth-order valence-electron chi connectivity index (χ4n) is 4.20. The molecule has 35 heavy (non-hydrogen) atoms. The first-order chi connectivity index (χ1) is 16.8. The SMILES string of the molecule is CCOC(=O)N1CCN(C(=O)CCc2ccc(CC3=C(C)C(=O)C(OC)=C(OC)C3=O)cc2)CC1. The van der Waals surface area contributed by atoms with Crippen molar-refractivity contribution in [2.45, 2.75) is 33.1 Å². The smallest absolute Gasteiger partial charge is 0.409 e. The highest BCUT2D eigenvalue weighted by Crippen LogP contribution is 2.28. The second kappa shape index (κ2) is 11.7. The molecule has 0 spiro atoms. The highest BCUT2D eigenvalue weighted by atomic mass is 16.6. The zero-order valence-electron chi connectivity index (χ0n) is 20.7. The van der Waals surface area contributed by atoms with Gasteiger partial charge >= 0.3 is 6.09 Å². The van der Waals surface area contributed by atoms with E-state index in [1.54, 1.807) is 23.6 Å². The van der Waals surface area contributed by atoms with Crippen LogP contribution in [0.1, 0.15) is 31.4 Å². The van der Waals surface area contributed by atoms with E-state index in [1.807, 2.05) is 24.3 Å². The van der Waals surface area contributed by atoms with Gasteiger partial charge in [0, 0.05) is 50.2 Å². The predicted octanol–water partition coefficient (Wildman–Crippen LogP) is 2.44. The van der Waals surface area contributed by atoms with Gasteiger partial charge < -0.3 is 24.0 Å². The molecule has 0 atom stereocenters. The second-order valence-corrected chi connectivity index (χ2v) is 8.39. The number of methoxy groups -OCH3 is 2. The molecule has 1 saturated heterocycles. The molecule has 9 heteroatoms. The van der Waals surface area contributed by atoms with Gasteiger partial charge in [-0.25, -0.2) is 4.79 Å². The lowest BCUT2D eigenvalue weighted by atomic mass is 9.88. The molecular weight excluding hydrogens is 452 g/mol. The Bertz CT molecular complexity index is 1050. The average molecular weight is 485 g/mol. The maximum atomic E-state index is 12.8. The number of allylic oxidation sites excluding steroid dienone is 2. The third-order valence-electron chi connectivity index (χ3n) is 6.28. The monoisotopic (exact) mass is 484 g/mol. The average Bonchev–Trinajstić information content (AvgIpc) is 2.88. The molecule has 1 fully saturated rings. The van der Waals surface area contributed by atoms with Crippen molar-refractivity contribution >= 4 is 23.6 Å². The maximum absolute atomic E-state index is 12.8. The summed E-state index contributed by atoms with van der Waals surface area (Å²) in [5.41, 5.74) is 2.62. The summed E-state index contributed by atoms with van der Waals surface area (Å²) in [5.74, 6) is -0.786. The Morgan fingerprint density at radius 1 is 0.857 bits per heavy atom. The highest BCUT2D eigenvalue weighted by Gasteiger charge is 2.34. The molecule has 0 unspecified atom stereocenters. The van der Waals surface area contributed by atoms with E-state index < -0.39 is 0 Å². The van der Waals surface area contributed by atoms with E-state index in [0.29, 0.717) is 63.2 Å². The van der Waals surface area contributed by atoms with E-state index in [4.69, 9.17) is 14.2 Å². The van der Waals surface area contributed by atoms with Crippen LogP contribution in [0.2, 0.25) is 0 Å². The Labute approximate surface area is 205 Å². The van der Waals surface area contributed by atoms with Gasteiger partial charge in [-0.05, 0) is 31.4 Å². The van der Waals surface area contributed by atoms with Crippen molar-refractivity contribution in [1.29, 1.82) is 0 Å². The van der Waals surface area contributed by atoms with Gasteiger partial charge in [0.1, 0.15) is 0 Å². The Morgan fingerprint density at radius 3 is 1.97 bits per heavy atom. The lowest BCUT2D eigenvalue weighted by Gasteiger charge is -2.34. The summed E-state index contributed by atoms with van der Waals surface area (Å²) >= 11 is 0. The van der Waals surface area contributed by atoms with Crippen LogP contribution in [0.15, 0.2) is 46.9 Å². The molecule has 2 amide bonds. The van der Waals surface area contributed by atoms with Gasteiger partial charge in [-0.15, -0.1) is 0 Å². The fraction of sp³-hybridized carbons (Fsp3) is 0.462. The Hall–Kier alpha value is -3.62. The molecule has 1 aromatic rings.